The highest BCUT2D eigenvalue weighted by molar-refractivity contribution is 8.15. The number of thiophene rings is 1. The molecular weight excluding hydrogens is 260 g/mol. The van der Waals surface area contributed by atoms with E-state index in [4.69, 9.17) is 15.4 Å². The summed E-state index contributed by atoms with van der Waals surface area (Å²) in [5.41, 5.74) is 0.592. The first-order chi connectivity index (χ1) is 6.88. The van der Waals surface area contributed by atoms with E-state index in [0.717, 1.165) is 11.3 Å². The molecule has 1 aromatic rings. The van der Waals surface area contributed by atoms with Crippen LogP contribution in [0.5, 0.6) is 0 Å². The largest absolute Gasteiger partial charge is 0.462 e. The van der Waals surface area contributed by atoms with E-state index in [-0.39, 0.29) is 16.4 Å². The maximum atomic E-state index is 11.4. The summed E-state index contributed by atoms with van der Waals surface area (Å²) in [6.07, 6.45) is 0. The van der Waals surface area contributed by atoms with Gasteiger partial charge in [0.05, 0.1) is 12.2 Å². The topological polar surface area (TPSA) is 60.4 Å². The van der Waals surface area contributed by atoms with Gasteiger partial charge in [0.15, 0.2) is 0 Å². The molecule has 1 rings (SSSR count). The number of hydrogen-bond acceptors (Lipinski definition) is 5. The second kappa shape index (κ2) is 4.51. The Balaban J connectivity index is 3.16. The second-order valence-corrected chi connectivity index (χ2v) is 6.36. The van der Waals surface area contributed by atoms with Crippen LogP contribution in [0.3, 0.4) is 0 Å². The molecule has 0 unspecified atom stereocenters. The molecular formula is C8H9ClO4S2. The van der Waals surface area contributed by atoms with Crippen LogP contribution in [-0.4, -0.2) is 21.0 Å². The molecule has 0 fully saturated rings. The summed E-state index contributed by atoms with van der Waals surface area (Å²) in [4.78, 5) is 11.4. The van der Waals surface area contributed by atoms with Crippen molar-refractivity contribution in [2.75, 3.05) is 6.61 Å². The summed E-state index contributed by atoms with van der Waals surface area (Å²) in [5.74, 6) is -0.530. The van der Waals surface area contributed by atoms with Gasteiger partial charge in [-0.3, -0.25) is 0 Å². The lowest BCUT2D eigenvalue weighted by Gasteiger charge is -2.00. The van der Waals surface area contributed by atoms with Crippen molar-refractivity contribution in [2.45, 2.75) is 18.1 Å². The standard InChI is InChI=1S/C8H9ClO4S2/c1-3-13-7(10)6-4-14-8(5(6)2)15(9,11)12/h4H,3H2,1-2H3. The smallest absolute Gasteiger partial charge is 0.339 e. The van der Waals surface area contributed by atoms with E-state index in [9.17, 15) is 13.2 Å². The quantitative estimate of drug-likeness (QED) is 0.623. The summed E-state index contributed by atoms with van der Waals surface area (Å²) in [6.45, 7) is 3.45. The molecule has 0 aromatic carbocycles. The molecule has 0 N–H and O–H groups in total. The van der Waals surface area contributed by atoms with Gasteiger partial charge in [0.1, 0.15) is 4.21 Å². The van der Waals surface area contributed by atoms with Crippen LogP contribution in [0.15, 0.2) is 9.59 Å². The zero-order valence-electron chi connectivity index (χ0n) is 8.11. The summed E-state index contributed by atoms with van der Waals surface area (Å²) >= 11 is 0.917. The molecule has 0 atom stereocenters. The van der Waals surface area contributed by atoms with E-state index in [1.54, 1.807) is 6.92 Å². The number of ether oxygens (including phenoxy) is 1. The molecule has 0 amide bonds. The van der Waals surface area contributed by atoms with Crippen molar-refractivity contribution in [1.82, 2.24) is 0 Å². The van der Waals surface area contributed by atoms with Gasteiger partial charge in [-0.2, -0.15) is 0 Å². The average molecular weight is 269 g/mol. The van der Waals surface area contributed by atoms with Crippen LogP contribution < -0.4 is 0 Å². The first kappa shape index (κ1) is 12.5. The molecule has 84 valence electrons. The summed E-state index contributed by atoms with van der Waals surface area (Å²) < 4.78 is 26.9. The minimum absolute atomic E-state index is 0.00720. The van der Waals surface area contributed by atoms with Crippen LogP contribution in [-0.2, 0) is 13.8 Å². The minimum Gasteiger partial charge on any atom is -0.462 e. The third-order valence-electron chi connectivity index (χ3n) is 1.71. The van der Waals surface area contributed by atoms with Gasteiger partial charge >= 0.3 is 5.97 Å². The number of rotatable bonds is 3. The van der Waals surface area contributed by atoms with Crippen molar-refractivity contribution < 1.29 is 17.9 Å². The molecule has 0 aliphatic heterocycles. The lowest BCUT2D eigenvalue weighted by atomic mass is 10.2. The molecule has 0 saturated heterocycles. The minimum atomic E-state index is -3.78. The molecule has 1 aromatic heterocycles. The Labute approximate surface area is 96.2 Å². The van der Waals surface area contributed by atoms with E-state index in [2.05, 4.69) is 0 Å². The Kier molecular flexibility index (Phi) is 3.75. The Hall–Kier alpha value is -0.590. The molecule has 0 aliphatic rings. The average Bonchev–Trinajstić information content (AvgIpc) is 2.46. The van der Waals surface area contributed by atoms with Crippen molar-refractivity contribution in [2.24, 2.45) is 0 Å². The number of carbonyl (C=O) groups is 1. The van der Waals surface area contributed by atoms with E-state index < -0.39 is 15.0 Å². The summed E-state index contributed by atoms with van der Waals surface area (Å²) in [6, 6.07) is 0. The van der Waals surface area contributed by atoms with Crippen LogP contribution in [0, 0.1) is 6.92 Å². The monoisotopic (exact) mass is 268 g/mol. The van der Waals surface area contributed by atoms with Crippen LogP contribution in [0.4, 0.5) is 0 Å². The predicted molar refractivity (Wildman–Crippen MR) is 58.1 cm³/mol. The van der Waals surface area contributed by atoms with Gasteiger partial charge in [-0.25, -0.2) is 13.2 Å². The highest BCUT2D eigenvalue weighted by Crippen LogP contribution is 2.29. The van der Waals surface area contributed by atoms with Crippen molar-refractivity contribution in [3.8, 4) is 0 Å². The number of hydrogen-bond donors (Lipinski definition) is 0. The van der Waals surface area contributed by atoms with Gasteiger partial charge < -0.3 is 4.74 Å². The molecule has 0 aliphatic carbocycles. The van der Waals surface area contributed by atoms with Gasteiger partial charge in [-0.15, -0.1) is 11.3 Å². The number of carbonyl (C=O) groups excluding carboxylic acids is 1. The first-order valence-electron chi connectivity index (χ1n) is 4.07. The maximum Gasteiger partial charge on any atom is 0.339 e. The Morgan fingerprint density at radius 1 is 1.60 bits per heavy atom. The van der Waals surface area contributed by atoms with Gasteiger partial charge in [-0.1, -0.05) is 0 Å². The normalized spacial score (nSPS) is 11.4. The van der Waals surface area contributed by atoms with Crippen LogP contribution in [0.2, 0.25) is 0 Å². The zero-order chi connectivity index (χ0) is 11.6. The van der Waals surface area contributed by atoms with Crippen molar-refractivity contribution in [1.29, 1.82) is 0 Å². The van der Waals surface area contributed by atoms with E-state index >= 15 is 0 Å². The molecule has 0 saturated carbocycles. The zero-order valence-corrected chi connectivity index (χ0v) is 10.5. The van der Waals surface area contributed by atoms with Gasteiger partial charge in [0.25, 0.3) is 9.05 Å². The van der Waals surface area contributed by atoms with Crippen LogP contribution in [0.25, 0.3) is 0 Å². The van der Waals surface area contributed by atoms with Gasteiger partial charge in [0, 0.05) is 16.1 Å². The lowest BCUT2D eigenvalue weighted by molar-refractivity contribution is 0.0526. The molecule has 15 heavy (non-hydrogen) atoms. The molecule has 1 heterocycles. The van der Waals surface area contributed by atoms with Crippen molar-refractivity contribution in [3.63, 3.8) is 0 Å². The number of esters is 1. The molecule has 0 radical (unpaired) electrons. The Bertz CT molecular complexity index is 475. The first-order valence-corrected chi connectivity index (χ1v) is 7.26. The summed E-state index contributed by atoms with van der Waals surface area (Å²) in [7, 11) is 1.41. The van der Waals surface area contributed by atoms with Crippen molar-refractivity contribution >= 4 is 37.0 Å². The third-order valence-corrected chi connectivity index (χ3v) is 5.02. The Morgan fingerprint density at radius 3 is 2.60 bits per heavy atom. The van der Waals surface area contributed by atoms with Crippen LogP contribution in [0.1, 0.15) is 22.8 Å². The molecule has 0 bridgehead atoms. The molecule has 7 heteroatoms. The van der Waals surface area contributed by atoms with E-state index in [1.807, 2.05) is 0 Å². The highest BCUT2D eigenvalue weighted by Gasteiger charge is 2.22. The van der Waals surface area contributed by atoms with Crippen molar-refractivity contribution in [3.05, 3.63) is 16.5 Å². The molecule has 4 nitrogen and oxygen atoms in total. The van der Waals surface area contributed by atoms with Crippen LogP contribution >= 0.6 is 22.0 Å². The predicted octanol–water partition coefficient (Wildman–Crippen LogP) is 2.16. The van der Waals surface area contributed by atoms with E-state index in [0.29, 0.717) is 5.56 Å². The fourth-order valence-corrected chi connectivity index (χ4v) is 3.59. The lowest BCUT2D eigenvalue weighted by Crippen LogP contribution is -2.05. The summed E-state index contributed by atoms with van der Waals surface area (Å²) in [5, 5.41) is 1.43. The molecule has 0 spiro atoms. The number of halogens is 1. The SMILES string of the molecule is CCOC(=O)c1csc(S(=O)(=O)Cl)c1C. The maximum absolute atomic E-state index is 11.4. The Morgan fingerprint density at radius 2 is 2.20 bits per heavy atom. The van der Waals surface area contributed by atoms with E-state index in [1.165, 1.54) is 12.3 Å². The van der Waals surface area contributed by atoms with Gasteiger partial charge in [-0.05, 0) is 19.4 Å². The third kappa shape index (κ3) is 2.70. The highest BCUT2D eigenvalue weighted by atomic mass is 35.7. The second-order valence-electron chi connectivity index (χ2n) is 2.72. The fourth-order valence-electron chi connectivity index (χ4n) is 1.05. The van der Waals surface area contributed by atoms with Gasteiger partial charge in [0.2, 0.25) is 0 Å². The fraction of sp³-hybridized carbons (Fsp3) is 0.375.